The smallest absolute Gasteiger partial charge is 0.310 e. The van der Waals surface area contributed by atoms with Crippen molar-refractivity contribution in [1.29, 1.82) is 0 Å². The van der Waals surface area contributed by atoms with E-state index in [4.69, 9.17) is 0 Å². The first-order chi connectivity index (χ1) is 6.97. The molecule has 82 valence electrons. The second-order valence-electron chi connectivity index (χ2n) is 2.44. The SMILES string of the molecule is COc1cc(Br)c([N+](=O)[O-])c(C(F)F)n1. The molecule has 0 amide bonds. The van der Waals surface area contributed by atoms with Crippen LogP contribution in [0, 0.1) is 10.1 Å². The highest BCUT2D eigenvalue weighted by molar-refractivity contribution is 9.10. The number of hydrogen-bond acceptors (Lipinski definition) is 4. The van der Waals surface area contributed by atoms with Gasteiger partial charge in [-0.25, -0.2) is 13.8 Å². The molecule has 0 aliphatic rings. The van der Waals surface area contributed by atoms with Gasteiger partial charge in [-0.1, -0.05) is 0 Å². The van der Waals surface area contributed by atoms with E-state index in [1.165, 1.54) is 7.11 Å². The summed E-state index contributed by atoms with van der Waals surface area (Å²) in [6.07, 6.45) is -3.03. The van der Waals surface area contributed by atoms with E-state index in [1.807, 2.05) is 0 Å². The van der Waals surface area contributed by atoms with Gasteiger partial charge in [-0.15, -0.1) is 0 Å². The molecule has 1 aromatic rings. The lowest BCUT2D eigenvalue weighted by atomic mass is 10.3. The van der Waals surface area contributed by atoms with Gasteiger partial charge in [0.15, 0.2) is 5.69 Å². The van der Waals surface area contributed by atoms with Crippen molar-refractivity contribution in [2.45, 2.75) is 6.43 Å². The summed E-state index contributed by atoms with van der Waals surface area (Å²) in [5.41, 5.74) is -1.66. The zero-order valence-corrected chi connectivity index (χ0v) is 8.99. The maximum atomic E-state index is 12.4. The topological polar surface area (TPSA) is 65.3 Å². The molecule has 1 aromatic heterocycles. The number of pyridine rings is 1. The second kappa shape index (κ2) is 4.47. The Morgan fingerprint density at radius 1 is 1.67 bits per heavy atom. The van der Waals surface area contributed by atoms with Gasteiger partial charge in [0.25, 0.3) is 6.43 Å². The lowest BCUT2D eigenvalue weighted by Crippen LogP contribution is -2.02. The molecule has 5 nitrogen and oxygen atoms in total. The average Bonchev–Trinajstić information content (AvgIpc) is 2.15. The first-order valence-corrected chi connectivity index (χ1v) is 4.43. The second-order valence-corrected chi connectivity index (χ2v) is 3.29. The third-order valence-corrected chi connectivity index (χ3v) is 2.15. The standard InChI is InChI=1S/C7H5BrF2N2O3/c1-15-4-2-3(8)6(12(13)14)5(11-4)7(9)10/h2,7H,1H3. The van der Waals surface area contributed by atoms with Crippen LogP contribution in [0.2, 0.25) is 0 Å². The van der Waals surface area contributed by atoms with Crippen LogP contribution in [-0.4, -0.2) is 17.0 Å². The molecule has 0 aromatic carbocycles. The fraction of sp³-hybridized carbons (Fsp3) is 0.286. The molecule has 0 unspecified atom stereocenters. The molecular formula is C7H5BrF2N2O3. The fourth-order valence-electron chi connectivity index (χ4n) is 0.941. The molecule has 1 rings (SSSR count). The van der Waals surface area contributed by atoms with Crippen LogP contribution < -0.4 is 4.74 Å². The molecule has 1 heterocycles. The van der Waals surface area contributed by atoms with E-state index in [0.717, 1.165) is 6.07 Å². The highest BCUT2D eigenvalue weighted by atomic mass is 79.9. The predicted molar refractivity (Wildman–Crippen MR) is 50.1 cm³/mol. The van der Waals surface area contributed by atoms with Gasteiger partial charge in [0.2, 0.25) is 5.88 Å². The highest BCUT2D eigenvalue weighted by Crippen LogP contribution is 2.35. The monoisotopic (exact) mass is 282 g/mol. The lowest BCUT2D eigenvalue weighted by molar-refractivity contribution is -0.387. The van der Waals surface area contributed by atoms with Crippen LogP contribution >= 0.6 is 15.9 Å². The summed E-state index contributed by atoms with van der Waals surface area (Å²) in [4.78, 5) is 12.9. The molecule has 0 bridgehead atoms. The number of aromatic nitrogens is 1. The summed E-state index contributed by atoms with van der Waals surface area (Å²) in [5.74, 6) is -0.109. The van der Waals surface area contributed by atoms with E-state index in [9.17, 15) is 18.9 Å². The Morgan fingerprint density at radius 3 is 2.67 bits per heavy atom. The van der Waals surface area contributed by atoms with Crippen molar-refractivity contribution in [3.05, 3.63) is 26.3 Å². The summed E-state index contributed by atoms with van der Waals surface area (Å²) in [5, 5.41) is 10.5. The maximum Gasteiger partial charge on any atom is 0.310 e. The molecule has 0 N–H and O–H groups in total. The van der Waals surface area contributed by atoms with Crippen LogP contribution in [0.4, 0.5) is 14.5 Å². The third kappa shape index (κ3) is 2.38. The van der Waals surface area contributed by atoms with Gasteiger partial charge in [0.05, 0.1) is 12.0 Å². The molecule has 0 aliphatic heterocycles. The van der Waals surface area contributed by atoms with Crippen molar-refractivity contribution >= 4 is 21.6 Å². The van der Waals surface area contributed by atoms with E-state index in [2.05, 4.69) is 25.7 Å². The molecule has 0 spiro atoms. The van der Waals surface area contributed by atoms with Crippen molar-refractivity contribution in [1.82, 2.24) is 4.98 Å². The Kier molecular flexibility index (Phi) is 3.51. The summed E-state index contributed by atoms with van der Waals surface area (Å²) < 4.78 is 29.4. The molecule has 0 aliphatic carbocycles. The minimum absolute atomic E-state index is 0.0883. The Hall–Kier alpha value is -1.31. The summed E-state index contributed by atoms with van der Waals surface area (Å²) >= 11 is 2.81. The van der Waals surface area contributed by atoms with Crippen molar-refractivity contribution < 1.29 is 18.4 Å². The number of nitro groups is 1. The molecule has 0 atom stereocenters. The van der Waals surface area contributed by atoms with Gasteiger partial charge < -0.3 is 4.74 Å². The van der Waals surface area contributed by atoms with Gasteiger partial charge in [-0.2, -0.15) is 0 Å². The number of rotatable bonds is 3. The van der Waals surface area contributed by atoms with Crippen molar-refractivity contribution in [2.75, 3.05) is 7.11 Å². The Bertz CT molecular complexity index is 400. The van der Waals surface area contributed by atoms with Gasteiger partial charge in [0.1, 0.15) is 4.47 Å². The van der Waals surface area contributed by atoms with E-state index < -0.39 is 22.7 Å². The maximum absolute atomic E-state index is 12.4. The van der Waals surface area contributed by atoms with E-state index in [1.54, 1.807) is 0 Å². The first-order valence-electron chi connectivity index (χ1n) is 3.64. The number of methoxy groups -OCH3 is 1. The van der Waals surface area contributed by atoms with Gasteiger partial charge >= 0.3 is 5.69 Å². The summed E-state index contributed by atoms with van der Waals surface area (Å²) in [6.45, 7) is 0. The Labute approximate surface area is 91.3 Å². The number of nitrogens with zero attached hydrogens (tertiary/aromatic N) is 2. The minimum Gasteiger partial charge on any atom is -0.481 e. The van der Waals surface area contributed by atoms with Gasteiger partial charge in [-0.05, 0) is 15.9 Å². The number of ether oxygens (including phenoxy) is 1. The number of alkyl halides is 2. The van der Waals surface area contributed by atoms with Crippen molar-refractivity contribution in [3.63, 3.8) is 0 Å². The van der Waals surface area contributed by atoms with Crippen LogP contribution in [0.3, 0.4) is 0 Å². The van der Waals surface area contributed by atoms with Crippen LogP contribution in [0.25, 0.3) is 0 Å². The summed E-state index contributed by atoms with van der Waals surface area (Å²) in [7, 11) is 1.23. The van der Waals surface area contributed by atoms with Crippen LogP contribution in [-0.2, 0) is 0 Å². The molecule has 0 radical (unpaired) electrons. The third-order valence-electron chi connectivity index (χ3n) is 1.55. The van der Waals surface area contributed by atoms with Gasteiger partial charge in [-0.3, -0.25) is 10.1 Å². The lowest BCUT2D eigenvalue weighted by Gasteiger charge is -2.05. The zero-order valence-electron chi connectivity index (χ0n) is 7.41. The van der Waals surface area contributed by atoms with E-state index >= 15 is 0 Å². The largest absolute Gasteiger partial charge is 0.481 e. The molecule has 0 fully saturated rings. The van der Waals surface area contributed by atoms with Crippen LogP contribution in [0.1, 0.15) is 12.1 Å². The van der Waals surface area contributed by atoms with E-state index in [-0.39, 0.29) is 10.4 Å². The van der Waals surface area contributed by atoms with Crippen molar-refractivity contribution in [3.8, 4) is 5.88 Å². The van der Waals surface area contributed by atoms with Crippen molar-refractivity contribution in [2.24, 2.45) is 0 Å². The predicted octanol–water partition coefficient (Wildman–Crippen LogP) is 2.70. The summed E-state index contributed by atoms with van der Waals surface area (Å²) in [6, 6.07) is 1.16. The molecule has 8 heteroatoms. The first kappa shape index (κ1) is 11.8. The highest BCUT2D eigenvalue weighted by Gasteiger charge is 2.28. The number of hydrogen-bond donors (Lipinski definition) is 0. The van der Waals surface area contributed by atoms with E-state index in [0.29, 0.717) is 0 Å². The fourth-order valence-corrected chi connectivity index (χ4v) is 1.48. The normalized spacial score (nSPS) is 10.5. The average molecular weight is 283 g/mol. The quantitative estimate of drug-likeness (QED) is 0.632. The molecule has 0 saturated carbocycles. The molecule has 15 heavy (non-hydrogen) atoms. The number of halogens is 3. The van der Waals surface area contributed by atoms with Crippen LogP contribution in [0.5, 0.6) is 5.88 Å². The molecular weight excluding hydrogens is 278 g/mol. The molecule has 0 saturated heterocycles. The Morgan fingerprint density at radius 2 is 2.27 bits per heavy atom. The van der Waals surface area contributed by atoms with Gasteiger partial charge in [0, 0.05) is 6.07 Å². The zero-order chi connectivity index (χ0) is 11.6. The minimum atomic E-state index is -3.03. The van der Waals surface area contributed by atoms with Crippen LogP contribution in [0.15, 0.2) is 10.5 Å². The Balaban J connectivity index is 3.42.